The summed E-state index contributed by atoms with van der Waals surface area (Å²) in [7, 11) is 0. The number of ether oxygens (including phenoxy) is 1. The lowest BCUT2D eigenvalue weighted by molar-refractivity contribution is 0.0697. The Morgan fingerprint density at radius 1 is 1.00 bits per heavy atom. The molecule has 0 aliphatic carbocycles. The first-order valence-corrected chi connectivity index (χ1v) is 9.11. The third-order valence-electron chi connectivity index (χ3n) is 4.05. The minimum Gasteiger partial charge on any atom is -0.488 e. The van der Waals surface area contributed by atoms with Gasteiger partial charge in [-0.2, -0.15) is 0 Å². The van der Waals surface area contributed by atoms with Gasteiger partial charge in [0.25, 0.3) is 0 Å². The zero-order chi connectivity index (χ0) is 20.1. The van der Waals surface area contributed by atoms with Crippen molar-refractivity contribution in [1.82, 2.24) is 0 Å². The summed E-state index contributed by atoms with van der Waals surface area (Å²) in [5, 5.41) is 13.0. The van der Waals surface area contributed by atoms with Crippen molar-refractivity contribution in [2.24, 2.45) is 0 Å². The van der Waals surface area contributed by atoms with E-state index in [1.807, 2.05) is 24.3 Å². The standard InChI is InChI=1S/C21H16Cl2FNO3/c22-17-8-6-13(21(26)27)9-19(17)25-11-14-3-1-2-4-20(14)28-12-15-5-7-16(24)10-18(15)23/h1-10,25H,11-12H2,(H,26,27). The van der Waals surface area contributed by atoms with Crippen molar-refractivity contribution in [2.45, 2.75) is 13.2 Å². The minimum atomic E-state index is -1.03. The molecule has 3 aromatic carbocycles. The number of hydrogen-bond acceptors (Lipinski definition) is 3. The van der Waals surface area contributed by atoms with Crippen molar-refractivity contribution in [3.8, 4) is 5.75 Å². The average molecular weight is 420 g/mol. The van der Waals surface area contributed by atoms with Gasteiger partial charge in [-0.15, -0.1) is 0 Å². The lowest BCUT2D eigenvalue weighted by Crippen LogP contribution is -2.05. The fraction of sp³-hybridized carbons (Fsp3) is 0.0952. The van der Waals surface area contributed by atoms with Crippen LogP contribution in [0.4, 0.5) is 10.1 Å². The summed E-state index contributed by atoms with van der Waals surface area (Å²) >= 11 is 12.2. The molecular weight excluding hydrogens is 404 g/mol. The maximum Gasteiger partial charge on any atom is 0.335 e. The molecule has 0 heterocycles. The lowest BCUT2D eigenvalue weighted by Gasteiger charge is -2.14. The average Bonchev–Trinajstić information content (AvgIpc) is 2.67. The van der Waals surface area contributed by atoms with Crippen LogP contribution < -0.4 is 10.1 Å². The second-order valence-corrected chi connectivity index (χ2v) is 6.80. The van der Waals surface area contributed by atoms with Crippen molar-refractivity contribution in [1.29, 1.82) is 0 Å². The second kappa shape index (κ2) is 8.95. The highest BCUT2D eigenvalue weighted by molar-refractivity contribution is 6.33. The molecule has 0 saturated heterocycles. The van der Waals surface area contributed by atoms with Crippen LogP contribution in [0.25, 0.3) is 0 Å². The van der Waals surface area contributed by atoms with Crippen LogP contribution >= 0.6 is 23.2 Å². The van der Waals surface area contributed by atoms with Gasteiger partial charge in [-0.3, -0.25) is 0 Å². The number of rotatable bonds is 7. The van der Waals surface area contributed by atoms with E-state index >= 15 is 0 Å². The van der Waals surface area contributed by atoms with Crippen LogP contribution in [0.1, 0.15) is 21.5 Å². The van der Waals surface area contributed by atoms with Gasteiger partial charge < -0.3 is 15.2 Å². The molecule has 0 spiro atoms. The summed E-state index contributed by atoms with van der Waals surface area (Å²) in [5.74, 6) is -0.806. The Balaban J connectivity index is 1.72. The maximum atomic E-state index is 13.2. The van der Waals surface area contributed by atoms with Crippen LogP contribution in [0.3, 0.4) is 0 Å². The molecule has 0 amide bonds. The largest absolute Gasteiger partial charge is 0.488 e. The predicted octanol–water partition coefficient (Wildman–Crippen LogP) is 6.02. The number of carbonyl (C=O) groups is 1. The number of carboxylic acid groups (broad SMARTS) is 1. The van der Waals surface area contributed by atoms with Crippen LogP contribution in [-0.2, 0) is 13.2 Å². The van der Waals surface area contributed by atoms with Crippen LogP contribution in [-0.4, -0.2) is 11.1 Å². The van der Waals surface area contributed by atoms with Gasteiger partial charge in [0.05, 0.1) is 21.3 Å². The van der Waals surface area contributed by atoms with Crippen molar-refractivity contribution in [3.63, 3.8) is 0 Å². The fourth-order valence-electron chi connectivity index (χ4n) is 2.57. The van der Waals surface area contributed by atoms with Gasteiger partial charge in [-0.05, 0) is 36.4 Å². The van der Waals surface area contributed by atoms with Crippen LogP contribution in [0.5, 0.6) is 5.75 Å². The molecule has 7 heteroatoms. The maximum absolute atomic E-state index is 13.2. The van der Waals surface area contributed by atoms with Crippen molar-refractivity contribution < 1.29 is 19.0 Å². The molecule has 0 bridgehead atoms. The number of hydrogen-bond donors (Lipinski definition) is 2. The molecule has 0 unspecified atom stereocenters. The molecule has 28 heavy (non-hydrogen) atoms. The quantitative estimate of drug-likeness (QED) is 0.491. The van der Waals surface area contributed by atoms with Gasteiger partial charge in [0, 0.05) is 17.7 Å². The number of anilines is 1. The molecule has 0 radical (unpaired) electrons. The molecule has 0 aromatic heterocycles. The number of aromatic carboxylic acids is 1. The highest BCUT2D eigenvalue weighted by Gasteiger charge is 2.10. The molecule has 0 saturated carbocycles. The topological polar surface area (TPSA) is 58.6 Å². The molecular formula is C21H16Cl2FNO3. The zero-order valence-corrected chi connectivity index (χ0v) is 16.1. The normalized spacial score (nSPS) is 10.5. The molecule has 4 nitrogen and oxygen atoms in total. The van der Waals surface area contributed by atoms with E-state index in [1.54, 1.807) is 6.07 Å². The van der Waals surface area contributed by atoms with E-state index in [1.165, 1.54) is 30.3 Å². The van der Waals surface area contributed by atoms with E-state index in [0.717, 1.165) is 5.56 Å². The van der Waals surface area contributed by atoms with Gasteiger partial charge in [-0.1, -0.05) is 47.5 Å². The molecule has 0 aliphatic heterocycles. The molecule has 0 aliphatic rings. The Hall–Kier alpha value is -2.76. The Bertz CT molecular complexity index is 1010. The van der Waals surface area contributed by atoms with E-state index in [4.69, 9.17) is 33.0 Å². The second-order valence-electron chi connectivity index (χ2n) is 5.99. The lowest BCUT2D eigenvalue weighted by atomic mass is 10.1. The van der Waals surface area contributed by atoms with E-state index < -0.39 is 11.8 Å². The molecule has 3 aromatic rings. The third-order valence-corrected chi connectivity index (χ3v) is 4.73. The fourth-order valence-corrected chi connectivity index (χ4v) is 2.98. The predicted molar refractivity (Wildman–Crippen MR) is 108 cm³/mol. The van der Waals surface area contributed by atoms with Gasteiger partial charge in [0.1, 0.15) is 18.2 Å². The van der Waals surface area contributed by atoms with Gasteiger partial charge >= 0.3 is 5.97 Å². The first kappa shape index (κ1) is 20.0. The van der Waals surface area contributed by atoms with Crippen molar-refractivity contribution in [2.75, 3.05) is 5.32 Å². The van der Waals surface area contributed by atoms with Gasteiger partial charge in [-0.25, -0.2) is 9.18 Å². The minimum absolute atomic E-state index is 0.141. The van der Waals surface area contributed by atoms with Crippen molar-refractivity contribution in [3.05, 3.63) is 93.2 Å². The van der Waals surface area contributed by atoms with Crippen LogP contribution in [0.15, 0.2) is 60.7 Å². The van der Waals surface area contributed by atoms with Crippen molar-refractivity contribution >= 4 is 34.9 Å². The summed E-state index contributed by atoms with van der Waals surface area (Å²) in [6, 6.07) is 16.0. The van der Waals surface area contributed by atoms with Crippen LogP contribution in [0.2, 0.25) is 10.0 Å². The molecule has 0 atom stereocenters. The monoisotopic (exact) mass is 419 g/mol. The number of benzene rings is 3. The molecule has 144 valence electrons. The summed E-state index contributed by atoms with van der Waals surface area (Å²) in [6.45, 7) is 0.557. The first-order valence-electron chi connectivity index (χ1n) is 8.35. The van der Waals surface area contributed by atoms with Crippen LogP contribution in [0, 0.1) is 5.82 Å². The number of carboxylic acids is 1. The van der Waals surface area contributed by atoms with Gasteiger partial charge in [0.15, 0.2) is 0 Å². The Labute approximate surface area is 171 Å². The summed E-state index contributed by atoms with van der Waals surface area (Å²) in [6.07, 6.45) is 0. The Kier molecular flexibility index (Phi) is 6.39. The zero-order valence-electron chi connectivity index (χ0n) is 14.6. The smallest absolute Gasteiger partial charge is 0.335 e. The summed E-state index contributed by atoms with van der Waals surface area (Å²) < 4.78 is 19.0. The summed E-state index contributed by atoms with van der Waals surface area (Å²) in [5.41, 5.74) is 2.17. The number of nitrogens with one attached hydrogen (secondary N) is 1. The highest BCUT2D eigenvalue weighted by Crippen LogP contribution is 2.27. The summed E-state index contributed by atoms with van der Waals surface area (Å²) in [4.78, 5) is 11.1. The highest BCUT2D eigenvalue weighted by atomic mass is 35.5. The Morgan fingerprint density at radius 3 is 2.54 bits per heavy atom. The van der Waals surface area contributed by atoms with E-state index in [2.05, 4.69) is 5.32 Å². The van der Waals surface area contributed by atoms with E-state index in [-0.39, 0.29) is 12.2 Å². The van der Waals surface area contributed by atoms with E-state index in [0.29, 0.717) is 33.6 Å². The third kappa shape index (κ3) is 4.94. The first-order chi connectivity index (χ1) is 13.4. The Morgan fingerprint density at radius 2 is 1.79 bits per heavy atom. The SMILES string of the molecule is O=C(O)c1ccc(Cl)c(NCc2ccccc2OCc2ccc(F)cc2Cl)c1. The van der Waals surface area contributed by atoms with E-state index in [9.17, 15) is 9.18 Å². The molecule has 0 fully saturated rings. The number of para-hydroxylation sites is 1. The molecule has 3 rings (SSSR count). The molecule has 2 N–H and O–H groups in total. The van der Waals surface area contributed by atoms with Gasteiger partial charge in [0.2, 0.25) is 0 Å². The number of halogens is 3.